The molecule has 1 unspecified atom stereocenters. The average molecular weight is 285 g/mol. The lowest BCUT2D eigenvalue weighted by atomic mass is 9.96. The Morgan fingerprint density at radius 2 is 2.20 bits per heavy atom. The van der Waals surface area contributed by atoms with E-state index in [9.17, 15) is 4.79 Å². The molecule has 1 aliphatic heterocycles. The Hall–Kier alpha value is -0.280. The van der Waals surface area contributed by atoms with Crippen LogP contribution < -0.4 is 0 Å². The molecular formula is C12H13BrOS. The molecular weight excluding hydrogens is 272 g/mol. The summed E-state index contributed by atoms with van der Waals surface area (Å²) in [5.74, 6) is 1.66. The summed E-state index contributed by atoms with van der Waals surface area (Å²) in [7, 11) is 0. The molecule has 0 radical (unpaired) electrons. The third kappa shape index (κ3) is 2.13. The summed E-state index contributed by atoms with van der Waals surface area (Å²) in [6.45, 7) is 4.22. The number of carbonyl (C=O) groups excluding carboxylic acids is 1. The highest BCUT2D eigenvalue weighted by atomic mass is 79.9. The van der Waals surface area contributed by atoms with Gasteiger partial charge in [0.25, 0.3) is 0 Å². The Morgan fingerprint density at radius 1 is 1.47 bits per heavy atom. The molecule has 0 fully saturated rings. The van der Waals surface area contributed by atoms with Crippen LogP contribution in [-0.4, -0.2) is 11.0 Å². The summed E-state index contributed by atoms with van der Waals surface area (Å²) in [5, 5.41) is 0.131. The number of ketones is 1. The maximum absolute atomic E-state index is 12.2. The Bertz CT molecular complexity index is 401. The number of rotatable bonds is 1. The summed E-state index contributed by atoms with van der Waals surface area (Å²) < 4.78 is 0.990. The molecule has 0 bridgehead atoms. The van der Waals surface area contributed by atoms with Crippen LogP contribution in [0.5, 0.6) is 0 Å². The molecule has 0 aliphatic carbocycles. The topological polar surface area (TPSA) is 17.1 Å². The van der Waals surface area contributed by atoms with E-state index in [1.165, 1.54) is 5.56 Å². The van der Waals surface area contributed by atoms with Gasteiger partial charge in [-0.3, -0.25) is 4.79 Å². The van der Waals surface area contributed by atoms with E-state index in [4.69, 9.17) is 0 Å². The van der Waals surface area contributed by atoms with Gasteiger partial charge in [-0.05, 0) is 23.6 Å². The van der Waals surface area contributed by atoms with E-state index in [0.29, 0.717) is 5.92 Å². The van der Waals surface area contributed by atoms with Crippen molar-refractivity contribution in [1.29, 1.82) is 0 Å². The second-order valence-corrected chi connectivity index (χ2v) is 6.19. The first-order valence-electron chi connectivity index (χ1n) is 5.04. The van der Waals surface area contributed by atoms with Crippen LogP contribution in [0.1, 0.15) is 29.8 Å². The van der Waals surface area contributed by atoms with Crippen molar-refractivity contribution in [3.63, 3.8) is 0 Å². The third-order valence-corrected chi connectivity index (χ3v) is 4.71. The number of hydrogen-bond acceptors (Lipinski definition) is 2. The Kier molecular flexibility index (Phi) is 3.21. The van der Waals surface area contributed by atoms with E-state index >= 15 is 0 Å². The number of halogens is 1. The molecule has 1 nitrogen and oxygen atoms in total. The zero-order valence-corrected chi connectivity index (χ0v) is 11.2. The van der Waals surface area contributed by atoms with Crippen LogP contribution >= 0.6 is 27.7 Å². The number of Topliss-reactive ketones (excluding diaryl/α,β-unsaturated/α-hetero) is 1. The molecule has 0 N–H and O–H groups in total. The lowest BCUT2D eigenvalue weighted by Crippen LogP contribution is -2.27. The highest BCUT2D eigenvalue weighted by molar-refractivity contribution is 9.10. The quantitative estimate of drug-likeness (QED) is 0.778. The van der Waals surface area contributed by atoms with Crippen LogP contribution in [0, 0.1) is 5.92 Å². The molecule has 0 saturated carbocycles. The van der Waals surface area contributed by atoms with Crippen LogP contribution in [0.15, 0.2) is 22.7 Å². The molecule has 1 aliphatic rings. The van der Waals surface area contributed by atoms with Crippen molar-refractivity contribution in [3.05, 3.63) is 33.8 Å². The summed E-state index contributed by atoms with van der Waals surface area (Å²) in [4.78, 5) is 12.2. The zero-order valence-electron chi connectivity index (χ0n) is 8.79. The van der Waals surface area contributed by atoms with Gasteiger partial charge in [0, 0.05) is 15.8 Å². The first kappa shape index (κ1) is 11.2. The first-order valence-corrected chi connectivity index (χ1v) is 6.88. The number of thioether (sulfide) groups is 1. The van der Waals surface area contributed by atoms with E-state index in [-0.39, 0.29) is 11.0 Å². The monoisotopic (exact) mass is 284 g/mol. The van der Waals surface area contributed by atoms with E-state index in [2.05, 4.69) is 29.8 Å². The van der Waals surface area contributed by atoms with Gasteiger partial charge in [0.15, 0.2) is 5.78 Å². The van der Waals surface area contributed by atoms with E-state index < -0.39 is 0 Å². The number of benzene rings is 1. The average Bonchev–Trinajstić information content (AvgIpc) is 2.19. The minimum atomic E-state index is 0.131. The fourth-order valence-corrected chi connectivity index (χ4v) is 3.44. The molecule has 1 aromatic rings. The highest BCUT2D eigenvalue weighted by Crippen LogP contribution is 2.34. The zero-order chi connectivity index (χ0) is 11.0. The molecule has 1 heterocycles. The van der Waals surface area contributed by atoms with Gasteiger partial charge in [-0.15, -0.1) is 11.8 Å². The van der Waals surface area contributed by atoms with Crippen molar-refractivity contribution in [2.45, 2.75) is 24.9 Å². The van der Waals surface area contributed by atoms with Crippen molar-refractivity contribution in [2.75, 3.05) is 0 Å². The summed E-state index contributed by atoms with van der Waals surface area (Å²) in [6, 6.07) is 6.00. The van der Waals surface area contributed by atoms with Crippen molar-refractivity contribution >= 4 is 33.5 Å². The Morgan fingerprint density at radius 3 is 2.87 bits per heavy atom. The van der Waals surface area contributed by atoms with Crippen molar-refractivity contribution in [3.8, 4) is 0 Å². The molecule has 0 amide bonds. The van der Waals surface area contributed by atoms with Crippen LogP contribution in [0.4, 0.5) is 0 Å². The Labute approximate surface area is 103 Å². The van der Waals surface area contributed by atoms with E-state index in [1.807, 2.05) is 18.2 Å². The number of fused-ring (bicyclic) bond motifs is 1. The van der Waals surface area contributed by atoms with Gasteiger partial charge in [-0.25, -0.2) is 0 Å². The molecule has 3 heteroatoms. The van der Waals surface area contributed by atoms with E-state index in [0.717, 1.165) is 15.8 Å². The van der Waals surface area contributed by atoms with Crippen molar-refractivity contribution < 1.29 is 4.79 Å². The van der Waals surface area contributed by atoms with Crippen LogP contribution in [0.3, 0.4) is 0 Å². The van der Waals surface area contributed by atoms with Gasteiger partial charge in [0.1, 0.15) is 0 Å². The maximum Gasteiger partial charge on any atom is 0.176 e. The second-order valence-electron chi connectivity index (χ2n) is 4.14. The summed E-state index contributed by atoms with van der Waals surface area (Å²) >= 11 is 5.18. The summed E-state index contributed by atoms with van der Waals surface area (Å²) in [5.41, 5.74) is 2.08. The minimum Gasteiger partial charge on any atom is -0.293 e. The first-order chi connectivity index (χ1) is 7.09. The van der Waals surface area contributed by atoms with Gasteiger partial charge >= 0.3 is 0 Å². The van der Waals surface area contributed by atoms with Gasteiger partial charge in [0.2, 0.25) is 0 Å². The fraction of sp³-hybridized carbons (Fsp3) is 0.417. The van der Waals surface area contributed by atoms with Gasteiger partial charge in [0.05, 0.1) is 5.25 Å². The van der Waals surface area contributed by atoms with Gasteiger partial charge in [-0.1, -0.05) is 35.8 Å². The van der Waals surface area contributed by atoms with Crippen LogP contribution in [0.2, 0.25) is 0 Å². The summed E-state index contributed by atoms with van der Waals surface area (Å²) in [6.07, 6.45) is 0. The van der Waals surface area contributed by atoms with E-state index in [1.54, 1.807) is 11.8 Å². The predicted octanol–water partition coefficient (Wildman–Crippen LogP) is 3.90. The third-order valence-electron chi connectivity index (χ3n) is 2.62. The van der Waals surface area contributed by atoms with Crippen LogP contribution in [0.25, 0.3) is 0 Å². The number of carbonyl (C=O) groups is 1. The molecule has 0 aromatic heterocycles. The van der Waals surface area contributed by atoms with Crippen LogP contribution in [-0.2, 0) is 5.75 Å². The lowest BCUT2D eigenvalue weighted by Gasteiger charge is -2.25. The molecule has 0 saturated heterocycles. The second kappa shape index (κ2) is 4.30. The maximum atomic E-state index is 12.2. The normalized spacial score (nSPS) is 20.5. The molecule has 80 valence electrons. The smallest absolute Gasteiger partial charge is 0.176 e. The lowest BCUT2D eigenvalue weighted by molar-refractivity contribution is 0.0973. The standard InChI is InChI=1S/C12H13BrOS/c1-7(2)12-11(14)10-5-9(13)4-3-8(10)6-15-12/h3-5,7,12H,6H2,1-2H3. The van der Waals surface area contributed by atoms with Crippen molar-refractivity contribution in [2.24, 2.45) is 5.92 Å². The largest absolute Gasteiger partial charge is 0.293 e. The van der Waals surface area contributed by atoms with Gasteiger partial charge < -0.3 is 0 Å². The van der Waals surface area contributed by atoms with Crippen molar-refractivity contribution in [1.82, 2.24) is 0 Å². The predicted molar refractivity (Wildman–Crippen MR) is 68.4 cm³/mol. The molecule has 1 aromatic carbocycles. The number of hydrogen-bond donors (Lipinski definition) is 0. The fourth-order valence-electron chi connectivity index (χ4n) is 1.81. The molecule has 15 heavy (non-hydrogen) atoms. The van der Waals surface area contributed by atoms with Gasteiger partial charge in [-0.2, -0.15) is 0 Å². The highest BCUT2D eigenvalue weighted by Gasteiger charge is 2.29. The minimum absolute atomic E-state index is 0.131. The molecule has 1 atom stereocenters. The molecule has 0 spiro atoms. The molecule has 2 rings (SSSR count). The SMILES string of the molecule is CC(C)C1SCc2ccc(Br)cc2C1=O. The Balaban J connectivity index is 2.40.